The zero-order valence-corrected chi connectivity index (χ0v) is 18.8. The molecule has 1 fully saturated rings. The smallest absolute Gasteiger partial charge is 0.407 e. The van der Waals surface area contributed by atoms with Gasteiger partial charge in [-0.1, -0.05) is 48.5 Å². The third-order valence-corrected chi connectivity index (χ3v) is 6.61. The summed E-state index contributed by atoms with van der Waals surface area (Å²) in [6, 6.07) is 15.3. The fraction of sp³-hybridized carbons (Fsp3) is 0.423. The molecule has 2 amide bonds. The third-order valence-electron chi connectivity index (χ3n) is 6.61. The minimum atomic E-state index is -0.951. The van der Waals surface area contributed by atoms with E-state index < -0.39 is 18.1 Å². The van der Waals surface area contributed by atoms with Gasteiger partial charge in [-0.2, -0.15) is 0 Å². The molecule has 0 spiro atoms. The van der Waals surface area contributed by atoms with Crippen molar-refractivity contribution in [1.29, 1.82) is 0 Å². The molecule has 2 aromatic carbocycles. The number of carboxylic acids is 1. The molecule has 7 heteroatoms. The minimum absolute atomic E-state index is 0.00733. The van der Waals surface area contributed by atoms with Crippen LogP contribution in [0.15, 0.2) is 48.5 Å². The number of ether oxygens (including phenoxy) is 1. The molecule has 2 N–H and O–H groups in total. The molecule has 0 aromatic heterocycles. The molecule has 7 nitrogen and oxygen atoms in total. The number of aliphatic carboxylic acids is 1. The van der Waals surface area contributed by atoms with Gasteiger partial charge >= 0.3 is 12.1 Å². The maximum Gasteiger partial charge on any atom is 0.407 e. The lowest BCUT2D eigenvalue weighted by Crippen LogP contribution is -2.48. The van der Waals surface area contributed by atoms with Crippen LogP contribution >= 0.6 is 0 Å². The van der Waals surface area contributed by atoms with Crippen molar-refractivity contribution in [2.75, 3.05) is 13.2 Å². The normalized spacial score (nSPS) is 18.2. The van der Waals surface area contributed by atoms with E-state index in [0.717, 1.165) is 24.0 Å². The molecule has 4 rings (SSSR count). The first-order chi connectivity index (χ1) is 16.0. The van der Waals surface area contributed by atoms with Crippen LogP contribution in [-0.2, 0) is 14.3 Å². The Balaban J connectivity index is 1.27. The summed E-state index contributed by atoms with van der Waals surface area (Å²) in [7, 11) is 0. The molecule has 33 heavy (non-hydrogen) atoms. The minimum Gasteiger partial charge on any atom is -0.480 e. The van der Waals surface area contributed by atoms with Crippen LogP contribution in [0.2, 0.25) is 0 Å². The number of rotatable bonds is 7. The van der Waals surface area contributed by atoms with Crippen LogP contribution in [0.3, 0.4) is 0 Å². The molecule has 0 saturated carbocycles. The van der Waals surface area contributed by atoms with E-state index in [1.807, 2.05) is 31.2 Å². The average Bonchev–Trinajstić information content (AvgIpc) is 3.15. The number of likely N-dealkylation sites (tertiary alicyclic amines) is 1. The highest BCUT2D eigenvalue weighted by molar-refractivity contribution is 5.84. The van der Waals surface area contributed by atoms with Gasteiger partial charge in [-0.15, -0.1) is 0 Å². The van der Waals surface area contributed by atoms with E-state index in [1.165, 1.54) is 16.0 Å². The van der Waals surface area contributed by atoms with E-state index in [4.69, 9.17) is 4.74 Å². The van der Waals surface area contributed by atoms with Crippen LogP contribution in [0.25, 0.3) is 11.1 Å². The molecular formula is C26H30N2O5. The highest BCUT2D eigenvalue weighted by Gasteiger charge is 2.32. The van der Waals surface area contributed by atoms with Crippen molar-refractivity contribution in [3.63, 3.8) is 0 Å². The van der Waals surface area contributed by atoms with Gasteiger partial charge in [0.2, 0.25) is 5.91 Å². The first kappa shape index (κ1) is 22.8. The predicted octanol–water partition coefficient (Wildman–Crippen LogP) is 4.16. The van der Waals surface area contributed by atoms with Crippen LogP contribution < -0.4 is 5.32 Å². The highest BCUT2D eigenvalue weighted by Crippen LogP contribution is 2.44. The lowest BCUT2D eigenvalue weighted by atomic mass is 9.98. The van der Waals surface area contributed by atoms with Gasteiger partial charge < -0.3 is 20.1 Å². The summed E-state index contributed by atoms with van der Waals surface area (Å²) in [5.41, 5.74) is 4.65. The first-order valence-corrected chi connectivity index (χ1v) is 11.6. The van der Waals surface area contributed by atoms with Crippen molar-refractivity contribution in [3.8, 4) is 11.1 Å². The predicted molar refractivity (Wildman–Crippen MR) is 124 cm³/mol. The summed E-state index contributed by atoms with van der Waals surface area (Å²) in [6.45, 7) is 2.53. The van der Waals surface area contributed by atoms with Gasteiger partial charge in [0.25, 0.3) is 0 Å². The third kappa shape index (κ3) is 5.02. The quantitative estimate of drug-likeness (QED) is 0.660. The Bertz CT molecular complexity index is 991. The number of amides is 2. The van der Waals surface area contributed by atoms with Gasteiger partial charge in [0.1, 0.15) is 12.6 Å². The summed E-state index contributed by atoms with van der Waals surface area (Å²) >= 11 is 0. The molecule has 2 atom stereocenters. The van der Waals surface area contributed by atoms with Gasteiger partial charge in [-0.05, 0) is 54.9 Å². The molecule has 1 saturated heterocycles. The molecular weight excluding hydrogens is 420 g/mol. The van der Waals surface area contributed by atoms with Crippen molar-refractivity contribution >= 4 is 18.0 Å². The number of carboxylic acid groups (broad SMARTS) is 1. The van der Waals surface area contributed by atoms with E-state index in [1.54, 1.807) is 0 Å². The van der Waals surface area contributed by atoms with E-state index in [0.29, 0.717) is 19.4 Å². The van der Waals surface area contributed by atoms with Crippen molar-refractivity contribution in [2.45, 2.75) is 57.0 Å². The van der Waals surface area contributed by atoms with Gasteiger partial charge in [-0.3, -0.25) is 4.79 Å². The standard InChI is InChI=1S/C26H30N2O5/c1-17(13-14-24(29)28-15-7-6-12-23(28)25(30)31)27-26(32)33-16-22-20-10-4-2-8-18(20)19-9-3-5-11-21(19)22/h2-5,8-11,17,22-23H,6-7,12-16H2,1H3,(H,27,32)(H,30,31)/t17?,23-/m0/s1. The molecule has 2 aromatic rings. The topological polar surface area (TPSA) is 95.9 Å². The second-order valence-electron chi connectivity index (χ2n) is 8.85. The van der Waals surface area contributed by atoms with Gasteiger partial charge in [0, 0.05) is 24.9 Å². The van der Waals surface area contributed by atoms with Crippen LogP contribution in [0.5, 0.6) is 0 Å². The lowest BCUT2D eigenvalue weighted by Gasteiger charge is -2.33. The average molecular weight is 451 g/mol. The fourth-order valence-corrected chi connectivity index (χ4v) is 4.88. The largest absolute Gasteiger partial charge is 0.480 e. The van der Waals surface area contributed by atoms with Gasteiger partial charge in [-0.25, -0.2) is 9.59 Å². The molecule has 1 aliphatic heterocycles. The van der Waals surface area contributed by atoms with Crippen molar-refractivity contribution < 1.29 is 24.2 Å². The molecule has 1 aliphatic carbocycles. The zero-order valence-electron chi connectivity index (χ0n) is 18.8. The first-order valence-electron chi connectivity index (χ1n) is 11.6. The van der Waals surface area contributed by atoms with E-state index in [-0.39, 0.29) is 30.9 Å². The Morgan fingerprint density at radius 2 is 1.70 bits per heavy atom. The maximum atomic E-state index is 12.6. The molecule has 174 valence electrons. The Morgan fingerprint density at radius 3 is 2.33 bits per heavy atom. The number of nitrogens with zero attached hydrogens (tertiary/aromatic N) is 1. The zero-order chi connectivity index (χ0) is 23.4. The summed E-state index contributed by atoms with van der Waals surface area (Å²) < 4.78 is 5.56. The molecule has 2 aliphatic rings. The Morgan fingerprint density at radius 1 is 1.06 bits per heavy atom. The van der Waals surface area contributed by atoms with Crippen LogP contribution in [0.1, 0.15) is 56.1 Å². The number of hydrogen-bond acceptors (Lipinski definition) is 4. The van der Waals surface area contributed by atoms with Gasteiger partial charge in [0.15, 0.2) is 0 Å². The SMILES string of the molecule is CC(CCC(=O)N1CCCC[C@H]1C(=O)O)NC(=O)OCC1c2ccccc2-c2ccccc21. The Labute approximate surface area is 193 Å². The molecule has 0 bridgehead atoms. The van der Waals surface area contributed by atoms with Crippen molar-refractivity contribution in [2.24, 2.45) is 0 Å². The number of benzene rings is 2. The van der Waals surface area contributed by atoms with Crippen LogP contribution in [-0.4, -0.2) is 53.2 Å². The van der Waals surface area contributed by atoms with Crippen molar-refractivity contribution in [1.82, 2.24) is 10.2 Å². The van der Waals surface area contributed by atoms with E-state index >= 15 is 0 Å². The highest BCUT2D eigenvalue weighted by atomic mass is 16.5. The molecule has 1 unspecified atom stereocenters. The van der Waals surface area contributed by atoms with E-state index in [9.17, 15) is 19.5 Å². The number of carbonyl (C=O) groups excluding carboxylic acids is 2. The summed E-state index contributed by atoms with van der Waals surface area (Å²) in [5, 5.41) is 12.2. The Kier molecular flexibility index (Phi) is 6.96. The second kappa shape index (κ2) is 10.1. The van der Waals surface area contributed by atoms with Crippen LogP contribution in [0, 0.1) is 0 Å². The second-order valence-corrected chi connectivity index (χ2v) is 8.85. The lowest BCUT2D eigenvalue weighted by molar-refractivity contribution is -0.152. The number of piperidine rings is 1. The summed E-state index contributed by atoms with van der Waals surface area (Å²) in [5.74, 6) is -1.14. The number of carbonyl (C=O) groups is 3. The molecule has 0 radical (unpaired) electrons. The number of hydrogen-bond donors (Lipinski definition) is 2. The summed E-state index contributed by atoms with van der Waals surface area (Å²) in [4.78, 5) is 37.9. The molecule has 1 heterocycles. The number of nitrogens with one attached hydrogen (secondary N) is 1. The monoisotopic (exact) mass is 450 g/mol. The number of fused-ring (bicyclic) bond motifs is 3. The summed E-state index contributed by atoms with van der Waals surface area (Å²) in [6.07, 6.45) is 2.23. The Hall–Kier alpha value is -3.35. The van der Waals surface area contributed by atoms with Gasteiger partial charge in [0.05, 0.1) is 0 Å². The van der Waals surface area contributed by atoms with Crippen molar-refractivity contribution in [3.05, 3.63) is 59.7 Å². The van der Waals surface area contributed by atoms with E-state index in [2.05, 4.69) is 29.6 Å². The number of alkyl carbamates (subject to hydrolysis) is 1. The van der Waals surface area contributed by atoms with Crippen LogP contribution in [0.4, 0.5) is 4.79 Å². The fourth-order valence-electron chi connectivity index (χ4n) is 4.88. The maximum absolute atomic E-state index is 12.6.